The highest BCUT2D eigenvalue weighted by molar-refractivity contribution is 5.79. The van der Waals surface area contributed by atoms with Crippen LogP contribution in [-0.2, 0) is 6.54 Å². The average molecular weight is 356 g/mol. The van der Waals surface area contributed by atoms with Gasteiger partial charge in [-0.2, -0.15) is 13.2 Å². The molecule has 1 aromatic carbocycles. The van der Waals surface area contributed by atoms with Crippen LogP contribution in [-0.4, -0.2) is 49.3 Å². The molecule has 1 heterocycles. The van der Waals surface area contributed by atoms with Gasteiger partial charge in [0.05, 0.1) is 6.42 Å². The molecule has 1 saturated heterocycles. The van der Waals surface area contributed by atoms with Crippen molar-refractivity contribution in [1.82, 2.24) is 15.5 Å². The maximum Gasteiger partial charge on any atom is 0.390 e. The number of alkyl halides is 3. The van der Waals surface area contributed by atoms with Crippen molar-refractivity contribution in [2.45, 2.75) is 51.0 Å². The van der Waals surface area contributed by atoms with Crippen LogP contribution in [0.25, 0.3) is 0 Å². The van der Waals surface area contributed by atoms with Gasteiger partial charge in [0.25, 0.3) is 0 Å². The molecule has 0 radical (unpaired) electrons. The molecule has 0 amide bonds. The molecule has 2 atom stereocenters. The number of nitrogens with zero attached hydrogens (tertiary/aromatic N) is 2. The topological polar surface area (TPSA) is 39.7 Å². The number of nitrogens with one attached hydrogen (secondary N) is 2. The first-order valence-electron chi connectivity index (χ1n) is 8.69. The van der Waals surface area contributed by atoms with Crippen LogP contribution in [0.1, 0.15) is 31.7 Å². The highest BCUT2D eigenvalue weighted by Crippen LogP contribution is 2.20. The average Bonchev–Trinajstić information content (AvgIpc) is 2.56. The summed E-state index contributed by atoms with van der Waals surface area (Å²) in [5.74, 6) is 0.443. The minimum absolute atomic E-state index is 0.161. The molecule has 2 unspecified atom stereocenters. The monoisotopic (exact) mass is 356 g/mol. The van der Waals surface area contributed by atoms with Crippen molar-refractivity contribution >= 4 is 5.96 Å². The summed E-state index contributed by atoms with van der Waals surface area (Å²) in [6.07, 6.45) is -3.13. The lowest BCUT2D eigenvalue weighted by atomic mass is 9.97. The lowest BCUT2D eigenvalue weighted by Crippen LogP contribution is -2.51. The fraction of sp³-hybridized carbons (Fsp3) is 0.611. The predicted octanol–water partition coefficient (Wildman–Crippen LogP) is 3.16. The van der Waals surface area contributed by atoms with Crippen LogP contribution in [0.5, 0.6) is 0 Å². The van der Waals surface area contributed by atoms with Crippen LogP contribution in [0.15, 0.2) is 35.3 Å². The lowest BCUT2D eigenvalue weighted by Gasteiger charge is -2.38. The van der Waals surface area contributed by atoms with E-state index < -0.39 is 12.6 Å². The Kier molecular flexibility index (Phi) is 7.11. The van der Waals surface area contributed by atoms with Gasteiger partial charge < -0.3 is 10.6 Å². The number of aliphatic imine (C=N–C) groups is 1. The predicted molar refractivity (Wildman–Crippen MR) is 94.5 cm³/mol. The first kappa shape index (κ1) is 19.6. The minimum Gasteiger partial charge on any atom is -0.356 e. The van der Waals surface area contributed by atoms with E-state index in [4.69, 9.17) is 0 Å². The molecule has 2 N–H and O–H groups in total. The second-order valence-electron chi connectivity index (χ2n) is 6.53. The largest absolute Gasteiger partial charge is 0.390 e. The molecule has 1 aliphatic rings. The second kappa shape index (κ2) is 9.08. The van der Waals surface area contributed by atoms with E-state index in [0.717, 1.165) is 25.9 Å². The van der Waals surface area contributed by atoms with Gasteiger partial charge in [-0.05, 0) is 25.3 Å². The van der Waals surface area contributed by atoms with Gasteiger partial charge in [0.2, 0.25) is 0 Å². The Morgan fingerprint density at radius 3 is 2.60 bits per heavy atom. The maximum atomic E-state index is 12.2. The zero-order valence-corrected chi connectivity index (χ0v) is 14.8. The number of rotatable bonds is 5. The van der Waals surface area contributed by atoms with E-state index in [0.29, 0.717) is 12.0 Å². The van der Waals surface area contributed by atoms with E-state index in [-0.39, 0.29) is 12.6 Å². The molecule has 4 nitrogen and oxygen atoms in total. The molecule has 0 saturated carbocycles. The summed E-state index contributed by atoms with van der Waals surface area (Å²) in [7, 11) is 1.58. The van der Waals surface area contributed by atoms with Gasteiger partial charge >= 0.3 is 6.18 Å². The van der Waals surface area contributed by atoms with Gasteiger partial charge in [-0.3, -0.25) is 9.89 Å². The molecule has 0 aliphatic carbocycles. The quantitative estimate of drug-likeness (QED) is 0.629. The van der Waals surface area contributed by atoms with Gasteiger partial charge in [-0.1, -0.05) is 30.3 Å². The van der Waals surface area contributed by atoms with Crippen LogP contribution in [0, 0.1) is 0 Å². The van der Waals surface area contributed by atoms with Crippen molar-refractivity contribution < 1.29 is 13.2 Å². The van der Waals surface area contributed by atoms with Crippen molar-refractivity contribution in [3.8, 4) is 0 Å². The molecule has 2 rings (SSSR count). The van der Waals surface area contributed by atoms with E-state index in [1.807, 2.05) is 18.2 Å². The summed E-state index contributed by atoms with van der Waals surface area (Å²) in [5.41, 5.74) is 1.30. The Balaban J connectivity index is 1.77. The summed E-state index contributed by atoms with van der Waals surface area (Å²) >= 11 is 0. The molecule has 7 heteroatoms. The Bertz CT molecular complexity index is 545. The molecule has 25 heavy (non-hydrogen) atoms. The number of likely N-dealkylation sites (tertiary alicyclic amines) is 1. The number of guanidine groups is 1. The summed E-state index contributed by atoms with van der Waals surface area (Å²) in [6.45, 7) is 3.91. The van der Waals surface area contributed by atoms with Crippen molar-refractivity contribution in [1.29, 1.82) is 0 Å². The fourth-order valence-electron chi connectivity index (χ4n) is 3.12. The van der Waals surface area contributed by atoms with Crippen molar-refractivity contribution in [2.75, 3.05) is 20.1 Å². The number of benzene rings is 1. The zero-order valence-electron chi connectivity index (χ0n) is 14.8. The van der Waals surface area contributed by atoms with Crippen molar-refractivity contribution in [2.24, 2.45) is 4.99 Å². The third-order valence-corrected chi connectivity index (χ3v) is 4.51. The number of hydrogen-bond donors (Lipinski definition) is 2. The van der Waals surface area contributed by atoms with E-state index >= 15 is 0 Å². The van der Waals surface area contributed by atoms with E-state index in [1.54, 1.807) is 7.05 Å². The molecule has 1 fully saturated rings. The Morgan fingerprint density at radius 2 is 2.00 bits per heavy atom. The van der Waals surface area contributed by atoms with E-state index in [1.165, 1.54) is 5.56 Å². The van der Waals surface area contributed by atoms with Gasteiger partial charge in [0.15, 0.2) is 5.96 Å². The normalized spacial score (nSPS) is 22.7. The fourth-order valence-corrected chi connectivity index (χ4v) is 3.12. The molecule has 0 spiro atoms. The van der Waals surface area contributed by atoms with Gasteiger partial charge in [-0.25, -0.2) is 0 Å². The first-order valence-corrected chi connectivity index (χ1v) is 8.69. The standard InChI is InChI=1S/C18H27F3N4/c1-14-12-16(24-17(22-2)23-10-9-18(19,20)21)8-11-25(14)13-15-6-4-3-5-7-15/h3-7,14,16H,8-13H2,1-2H3,(H2,22,23,24). The molecular formula is C18H27F3N4. The lowest BCUT2D eigenvalue weighted by molar-refractivity contribution is -0.132. The third-order valence-electron chi connectivity index (χ3n) is 4.51. The van der Waals surface area contributed by atoms with Crippen LogP contribution >= 0.6 is 0 Å². The second-order valence-corrected chi connectivity index (χ2v) is 6.53. The minimum atomic E-state index is -4.15. The molecule has 1 aliphatic heterocycles. The molecular weight excluding hydrogens is 329 g/mol. The van der Waals surface area contributed by atoms with E-state index in [2.05, 4.69) is 39.6 Å². The Hall–Kier alpha value is -1.76. The number of hydrogen-bond acceptors (Lipinski definition) is 2. The first-order chi connectivity index (χ1) is 11.9. The highest BCUT2D eigenvalue weighted by atomic mass is 19.4. The zero-order chi connectivity index (χ0) is 18.3. The SMILES string of the molecule is CN=C(NCCC(F)(F)F)NC1CCN(Cc2ccccc2)C(C)C1. The van der Waals surface area contributed by atoms with E-state index in [9.17, 15) is 13.2 Å². The summed E-state index contributed by atoms with van der Waals surface area (Å²) < 4.78 is 36.7. The summed E-state index contributed by atoms with van der Waals surface area (Å²) in [5, 5.41) is 6.00. The van der Waals surface area contributed by atoms with Crippen LogP contribution in [0.4, 0.5) is 13.2 Å². The maximum absolute atomic E-state index is 12.2. The van der Waals surface area contributed by atoms with Gasteiger partial charge in [0.1, 0.15) is 0 Å². The van der Waals surface area contributed by atoms with Crippen LogP contribution in [0.2, 0.25) is 0 Å². The van der Waals surface area contributed by atoms with Gasteiger partial charge in [0, 0.05) is 38.8 Å². The number of halogens is 3. The molecule has 1 aromatic rings. The number of piperidine rings is 1. The Morgan fingerprint density at radius 1 is 1.28 bits per heavy atom. The molecule has 0 bridgehead atoms. The summed E-state index contributed by atoms with van der Waals surface area (Å²) in [6, 6.07) is 11.0. The smallest absolute Gasteiger partial charge is 0.356 e. The molecule has 140 valence electrons. The van der Waals surface area contributed by atoms with Gasteiger partial charge in [-0.15, -0.1) is 0 Å². The van der Waals surface area contributed by atoms with Crippen LogP contribution < -0.4 is 10.6 Å². The summed E-state index contributed by atoms with van der Waals surface area (Å²) in [4.78, 5) is 6.46. The Labute approximate surface area is 147 Å². The van der Waals surface area contributed by atoms with Crippen molar-refractivity contribution in [3.63, 3.8) is 0 Å². The van der Waals surface area contributed by atoms with Crippen LogP contribution in [0.3, 0.4) is 0 Å². The third kappa shape index (κ3) is 6.94. The molecule has 0 aromatic heterocycles. The highest BCUT2D eigenvalue weighted by Gasteiger charge is 2.28. The van der Waals surface area contributed by atoms with Crippen molar-refractivity contribution in [3.05, 3.63) is 35.9 Å².